The molecule has 1 aromatic carbocycles. The van der Waals surface area contributed by atoms with Crippen molar-refractivity contribution in [2.75, 3.05) is 20.1 Å². The minimum absolute atomic E-state index is 0.0660. The zero-order valence-corrected chi connectivity index (χ0v) is 15.6. The molecule has 0 aliphatic carbocycles. The Hall–Kier alpha value is -2.65. The lowest BCUT2D eigenvalue weighted by molar-refractivity contribution is 0.0910. The van der Waals surface area contributed by atoms with Crippen LogP contribution in [0.1, 0.15) is 32.0 Å². The average molecular weight is 379 g/mol. The van der Waals surface area contributed by atoms with Crippen molar-refractivity contribution >= 4 is 21.8 Å². The van der Waals surface area contributed by atoms with E-state index < -0.39 is 15.9 Å². The molecule has 0 aliphatic rings. The fourth-order valence-corrected chi connectivity index (χ4v) is 3.36. The highest BCUT2D eigenvalue weighted by Gasteiger charge is 2.19. The summed E-state index contributed by atoms with van der Waals surface area (Å²) in [6.07, 6.45) is 1.40. The van der Waals surface area contributed by atoms with Crippen LogP contribution in [0.3, 0.4) is 0 Å². The van der Waals surface area contributed by atoms with Gasteiger partial charge in [-0.1, -0.05) is 0 Å². The Balaban J connectivity index is 2.00. The Morgan fingerprint density at radius 2 is 1.73 bits per heavy atom. The smallest absolute Gasteiger partial charge is 0.287 e. The van der Waals surface area contributed by atoms with E-state index in [0.717, 1.165) is 0 Å². The maximum absolute atomic E-state index is 12.3. The summed E-state index contributed by atoms with van der Waals surface area (Å²) in [6.45, 7) is 3.82. The molecule has 26 heavy (non-hydrogen) atoms. The van der Waals surface area contributed by atoms with Crippen molar-refractivity contribution in [2.45, 2.75) is 18.7 Å². The molecule has 3 N–H and O–H groups in total. The number of aryl methyl sites for hydroxylation is 1. The highest BCUT2D eigenvalue weighted by Crippen LogP contribution is 2.20. The van der Waals surface area contributed by atoms with Gasteiger partial charge in [0.05, 0.1) is 11.2 Å². The van der Waals surface area contributed by atoms with Gasteiger partial charge in [0.1, 0.15) is 0 Å². The minimum Gasteiger partial charge on any atom is -0.459 e. The van der Waals surface area contributed by atoms with Crippen LogP contribution in [0.5, 0.6) is 0 Å². The van der Waals surface area contributed by atoms with E-state index in [1.54, 1.807) is 26.0 Å². The van der Waals surface area contributed by atoms with Crippen molar-refractivity contribution < 1.29 is 22.4 Å². The van der Waals surface area contributed by atoms with Gasteiger partial charge in [0.15, 0.2) is 5.76 Å². The summed E-state index contributed by atoms with van der Waals surface area (Å²) in [5, 5.41) is 5.25. The molecule has 2 rings (SSSR count). The van der Waals surface area contributed by atoms with Crippen LogP contribution in [-0.4, -0.2) is 40.4 Å². The molecule has 0 spiro atoms. The summed E-state index contributed by atoms with van der Waals surface area (Å²) in [5.41, 5.74) is 1.51. The topological polar surface area (TPSA) is 118 Å². The second kappa shape index (κ2) is 8.15. The molecular weight excluding hydrogens is 358 g/mol. The molecule has 0 saturated carbocycles. The van der Waals surface area contributed by atoms with Gasteiger partial charge < -0.3 is 15.1 Å². The maximum Gasteiger partial charge on any atom is 0.287 e. The van der Waals surface area contributed by atoms with Gasteiger partial charge in [-0.15, -0.1) is 0 Å². The molecule has 0 bridgehead atoms. The molecule has 2 aromatic rings. The predicted molar refractivity (Wildman–Crippen MR) is 95.5 cm³/mol. The first-order valence-corrected chi connectivity index (χ1v) is 9.39. The van der Waals surface area contributed by atoms with Gasteiger partial charge in [-0.3, -0.25) is 9.59 Å². The number of amides is 2. The summed E-state index contributed by atoms with van der Waals surface area (Å²) in [5.74, 6) is -0.613. The molecular formula is C17H21N3O5S. The van der Waals surface area contributed by atoms with Gasteiger partial charge in [0.25, 0.3) is 11.8 Å². The third kappa shape index (κ3) is 4.50. The average Bonchev–Trinajstić information content (AvgIpc) is 3.15. The van der Waals surface area contributed by atoms with Gasteiger partial charge in [-0.2, -0.15) is 0 Å². The summed E-state index contributed by atoms with van der Waals surface area (Å²) in [6, 6.07) is 6.10. The number of furan rings is 1. The first-order chi connectivity index (χ1) is 12.3. The molecule has 0 radical (unpaired) electrons. The summed E-state index contributed by atoms with van der Waals surface area (Å²) in [7, 11) is -2.35. The van der Waals surface area contributed by atoms with Crippen LogP contribution in [-0.2, 0) is 10.0 Å². The normalized spacial score (nSPS) is 11.2. The number of carbonyl (C=O) groups is 2. The first kappa shape index (κ1) is 19.7. The molecule has 0 fully saturated rings. The largest absolute Gasteiger partial charge is 0.459 e. The number of benzene rings is 1. The van der Waals surface area contributed by atoms with E-state index in [1.165, 1.54) is 25.4 Å². The predicted octanol–water partition coefficient (Wildman–Crippen LogP) is 0.964. The Labute approximate surface area is 152 Å². The van der Waals surface area contributed by atoms with Gasteiger partial charge in [-0.25, -0.2) is 13.1 Å². The van der Waals surface area contributed by atoms with Crippen LogP contribution in [0.15, 0.2) is 39.8 Å². The van der Waals surface area contributed by atoms with Gasteiger partial charge in [0.2, 0.25) is 10.0 Å². The van der Waals surface area contributed by atoms with Crippen LogP contribution in [0.2, 0.25) is 0 Å². The molecule has 1 aromatic heterocycles. The molecule has 9 heteroatoms. The molecule has 2 amide bonds. The lowest BCUT2D eigenvalue weighted by Crippen LogP contribution is -2.34. The van der Waals surface area contributed by atoms with Crippen molar-refractivity contribution in [3.05, 3.63) is 53.0 Å². The Morgan fingerprint density at radius 3 is 2.31 bits per heavy atom. The molecule has 0 unspecified atom stereocenters. The van der Waals surface area contributed by atoms with Crippen LogP contribution in [0, 0.1) is 13.8 Å². The number of carbonyl (C=O) groups excluding carboxylic acids is 2. The number of sulfonamides is 1. The van der Waals surface area contributed by atoms with Crippen molar-refractivity contribution in [3.63, 3.8) is 0 Å². The molecule has 8 nitrogen and oxygen atoms in total. The second-order valence-electron chi connectivity index (χ2n) is 5.61. The Kier molecular flexibility index (Phi) is 6.17. The van der Waals surface area contributed by atoms with Crippen LogP contribution in [0.4, 0.5) is 0 Å². The van der Waals surface area contributed by atoms with E-state index in [4.69, 9.17) is 4.42 Å². The van der Waals surface area contributed by atoms with Crippen LogP contribution in [0.25, 0.3) is 0 Å². The highest BCUT2D eigenvalue weighted by molar-refractivity contribution is 7.89. The molecule has 0 saturated heterocycles. The summed E-state index contributed by atoms with van der Waals surface area (Å²) in [4.78, 5) is 24.1. The minimum atomic E-state index is -3.67. The molecule has 1 heterocycles. The van der Waals surface area contributed by atoms with Crippen molar-refractivity contribution in [2.24, 2.45) is 0 Å². The Morgan fingerprint density at radius 1 is 1.08 bits per heavy atom. The lowest BCUT2D eigenvalue weighted by Gasteiger charge is -2.12. The van der Waals surface area contributed by atoms with Gasteiger partial charge in [0, 0.05) is 18.7 Å². The monoisotopic (exact) mass is 379 g/mol. The van der Waals surface area contributed by atoms with E-state index >= 15 is 0 Å². The van der Waals surface area contributed by atoms with E-state index in [2.05, 4.69) is 15.4 Å². The van der Waals surface area contributed by atoms with Crippen molar-refractivity contribution in [1.82, 2.24) is 15.4 Å². The third-order valence-corrected chi connectivity index (χ3v) is 5.42. The second-order valence-corrected chi connectivity index (χ2v) is 7.47. The van der Waals surface area contributed by atoms with Crippen molar-refractivity contribution in [1.29, 1.82) is 0 Å². The van der Waals surface area contributed by atoms with Crippen LogP contribution >= 0.6 is 0 Å². The zero-order chi connectivity index (χ0) is 19.3. The number of nitrogens with one attached hydrogen (secondary N) is 3. The summed E-state index contributed by atoms with van der Waals surface area (Å²) >= 11 is 0. The van der Waals surface area contributed by atoms with Crippen molar-refractivity contribution in [3.8, 4) is 0 Å². The zero-order valence-electron chi connectivity index (χ0n) is 14.8. The SMILES string of the molecule is CNS(=O)(=O)c1cc(C(=O)NCCNC(=O)c2ccco2)cc(C)c1C. The van der Waals surface area contributed by atoms with Crippen LogP contribution < -0.4 is 15.4 Å². The fourth-order valence-electron chi connectivity index (χ4n) is 2.30. The number of hydrogen-bond acceptors (Lipinski definition) is 5. The van der Waals surface area contributed by atoms with E-state index in [-0.39, 0.29) is 35.2 Å². The summed E-state index contributed by atoms with van der Waals surface area (Å²) < 4.78 is 31.4. The van der Waals surface area contributed by atoms with Gasteiger partial charge in [-0.05, 0) is 56.3 Å². The maximum atomic E-state index is 12.3. The third-order valence-electron chi connectivity index (χ3n) is 3.88. The quantitative estimate of drug-likeness (QED) is 0.620. The number of hydrogen-bond donors (Lipinski definition) is 3. The van der Waals surface area contributed by atoms with E-state index in [9.17, 15) is 18.0 Å². The van der Waals surface area contributed by atoms with Gasteiger partial charge >= 0.3 is 0 Å². The molecule has 0 aliphatic heterocycles. The highest BCUT2D eigenvalue weighted by atomic mass is 32.2. The lowest BCUT2D eigenvalue weighted by atomic mass is 10.1. The first-order valence-electron chi connectivity index (χ1n) is 7.91. The van der Waals surface area contributed by atoms with E-state index in [1.807, 2.05) is 0 Å². The standard InChI is InChI=1S/C17H21N3O5S/c1-11-9-13(10-15(12(11)2)26(23,24)18-3)16(21)19-6-7-20-17(22)14-5-4-8-25-14/h4-5,8-10,18H,6-7H2,1-3H3,(H,19,21)(H,20,22). The van der Waals surface area contributed by atoms with E-state index in [0.29, 0.717) is 11.1 Å². The Bertz CT molecular complexity index is 905. The fraction of sp³-hybridized carbons (Fsp3) is 0.294. The molecule has 140 valence electrons. The molecule has 0 atom stereocenters. The number of rotatable bonds is 7.